The van der Waals surface area contributed by atoms with Crippen molar-refractivity contribution in [2.75, 3.05) is 11.9 Å². The molecule has 90 valence electrons. The molecule has 0 saturated heterocycles. The lowest BCUT2D eigenvalue weighted by Gasteiger charge is -2.07. The number of anilines is 1. The third kappa shape index (κ3) is 2.70. The Morgan fingerprint density at radius 3 is 3.12 bits per heavy atom. The Hall–Kier alpha value is -1.70. The predicted molar refractivity (Wildman–Crippen MR) is 63.7 cm³/mol. The molecule has 2 heterocycles. The van der Waals surface area contributed by atoms with Crippen LogP contribution in [0.5, 0.6) is 0 Å². The van der Waals surface area contributed by atoms with Gasteiger partial charge in [0, 0.05) is 20.0 Å². The van der Waals surface area contributed by atoms with Crippen molar-refractivity contribution in [3.05, 3.63) is 33.2 Å². The first-order chi connectivity index (χ1) is 8.18. The maximum absolute atomic E-state index is 11.6. The van der Waals surface area contributed by atoms with Crippen LogP contribution in [0.15, 0.2) is 26.4 Å². The van der Waals surface area contributed by atoms with E-state index < -0.39 is 0 Å². The molecule has 1 N–H and O–H groups in total. The highest BCUT2D eigenvalue weighted by Gasteiger charge is 2.06. The third-order valence-corrected chi connectivity index (χ3v) is 2.92. The van der Waals surface area contributed by atoms with E-state index in [2.05, 4.69) is 41.0 Å². The summed E-state index contributed by atoms with van der Waals surface area (Å²) in [4.78, 5) is 15.4. The molecule has 0 saturated carbocycles. The van der Waals surface area contributed by atoms with E-state index >= 15 is 0 Å². The zero-order valence-corrected chi connectivity index (χ0v) is 10.6. The molecule has 0 aromatic carbocycles. The molecule has 0 spiro atoms. The number of nitrogens with zero attached hydrogens (tertiary/aromatic N) is 4. The zero-order chi connectivity index (χ0) is 12.3. The van der Waals surface area contributed by atoms with Gasteiger partial charge in [-0.25, -0.2) is 4.68 Å². The van der Waals surface area contributed by atoms with Gasteiger partial charge in [-0.1, -0.05) is 5.16 Å². The van der Waals surface area contributed by atoms with E-state index in [1.807, 2.05) is 0 Å². The van der Waals surface area contributed by atoms with Crippen molar-refractivity contribution >= 4 is 21.6 Å². The van der Waals surface area contributed by atoms with Gasteiger partial charge >= 0.3 is 0 Å². The fourth-order valence-electron chi connectivity index (χ4n) is 1.25. The Labute approximate surface area is 105 Å². The molecule has 2 aromatic heterocycles. The molecular formula is C9H10BrN5O2. The third-order valence-electron chi connectivity index (χ3n) is 2.15. The second-order valence-corrected chi connectivity index (χ2v) is 4.12. The highest BCUT2D eigenvalue weighted by Crippen LogP contribution is 2.15. The van der Waals surface area contributed by atoms with Gasteiger partial charge < -0.3 is 9.84 Å². The minimum absolute atomic E-state index is 0.186. The summed E-state index contributed by atoms with van der Waals surface area (Å²) in [5.41, 5.74) is 0.464. The second kappa shape index (κ2) is 5.09. The van der Waals surface area contributed by atoms with E-state index in [0.717, 1.165) is 0 Å². The number of hydrogen-bond acceptors (Lipinski definition) is 6. The van der Waals surface area contributed by atoms with Gasteiger partial charge in [-0.15, -0.1) is 0 Å². The van der Waals surface area contributed by atoms with Crippen molar-refractivity contribution in [1.29, 1.82) is 0 Å². The first kappa shape index (κ1) is 11.8. The largest absolute Gasteiger partial charge is 0.382 e. The zero-order valence-electron chi connectivity index (χ0n) is 9.05. The molecule has 2 aromatic rings. The summed E-state index contributed by atoms with van der Waals surface area (Å²) < 4.78 is 6.33. The molecule has 0 fully saturated rings. The number of nitrogens with one attached hydrogen (secondary N) is 1. The van der Waals surface area contributed by atoms with Gasteiger partial charge in [0.1, 0.15) is 4.47 Å². The standard InChI is InChI=1S/C9H10BrN5O2/c1-15-9(16)8(10)6(4-13-15)11-3-2-7-12-5-17-14-7/h4-5,11H,2-3H2,1H3. The number of hydrogen-bond donors (Lipinski definition) is 1. The summed E-state index contributed by atoms with van der Waals surface area (Å²) in [6.45, 7) is 0.590. The number of aromatic nitrogens is 4. The first-order valence-electron chi connectivity index (χ1n) is 4.89. The first-order valence-corrected chi connectivity index (χ1v) is 5.68. The van der Waals surface area contributed by atoms with Gasteiger partial charge in [0.2, 0.25) is 6.39 Å². The Bertz CT molecular complexity index is 551. The summed E-state index contributed by atoms with van der Waals surface area (Å²) in [5.74, 6) is 0.616. The van der Waals surface area contributed by atoms with Crippen LogP contribution in [-0.4, -0.2) is 26.5 Å². The fourth-order valence-corrected chi connectivity index (χ4v) is 1.74. The molecule has 8 heteroatoms. The molecule has 0 amide bonds. The minimum Gasteiger partial charge on any atom is -0.382 e. The minimum atomic E-state index is -0.186. The topological polar surface area (TPSA) is 85.8 Å². The fraction of sp³-hybridized carbons (Fsp3) is 0.333. The van der Waals surface area contributed by atoms with Crippen LogP contribution in [0.3, 0.4) is 0 Å². The monoisotopic (exact) mass is 299 g/mol. The van der Waals surface area contributed by atoms with Crippen LogP contribution in [0.25, 0.3) is 0 Å². The van der Waals surface area contributed by atoms with Crippen molar-refractivity contribution < 1.29 is 4.52 Å². The number of aryl methyl sites for hydroxylation is 1. The van der Waals surface area contributed by atoms with Crippen LogP contribution >= 0.6 is 15.9 Å². The molecule has 0 atom stereocenters. The molecule has 0 aliphatic carbocycles. The lowest BCUT2D eigenvalue weighted by atomic mass is 10.4. The van der Waals surface area contributed by atoms with Crippen LogP contribution in [0.4, 0.5) is 5.69 Å². The molecule has 0 aliphatic rings. The maximum Gasteiger partial charge on any atom is 0.282 e. The normalized spacial score (nSPS) is 10.5. The summed E-state index contributed by atoms with van der Waals surface area (Å²) in [6.07, 6.45) is 3.48. The molecule has 0 bridgehead atoms. The van der Waals surface area contributed by atoms with E-state index in [0.29, 0.717) is 29.0 Å². The summed E-state index contributed by atoms with van der Waals surface area (Å²) in [7, 11) is 1.59. The molecule has 7 nitrogen and oxygen atoms in total. The van der Waals surface area contributed by atoms with Crippen LogP contribution in [0.2, 0.25) is 0 Å². The quantitative estimate of drug-likeness (QED) is 0.889. The average Bonchev–Trinajstić information content (AvgIpc) is 2.82. The lowest BCUT2D eigenvalue weighted by Crippen LogP contribution is -2.21. The SMILES string of the molecule is Cn1ncc(NCCc2ncon2)c(Br)c1=O. The van der Waals surface area contributed by atoms with Gasteiger partial charge in [-0.3, -0.25) is 4.79 Å². The van der Waals surface area contributed by atoms with E-state index in [-0.39, 0.29) is 5.56 Å². The summed E-state index contributed by atoms with van der Waals surface area (Å²) in [5, 5.41) is 10.7. The predicted octanol–water partition coefficient (Wildman–Crippen LogP) is 0.580. The molecule has 0 aliphatic heterocycles. The molecule has 2 rings (SSSR count). The van der Waals surface area contributed by atoms with Gasteiger partial charge in [0.05, 0.1) is 11.9 Å². The average molecular weight is 300 g/mol. The van der Waals surface area contributed by atoms with E-state index in [4.69, 9.17) is 0 Å². The van der Waals surface area contributed by atoms with Crippen molar-refractivity contribution in [3.63, 3.8) is 0 Å². The second-order valence-electron chi connectivity index (χ2n) is 3.33. The molecule has 17 heavy (non-hydrogen) atoms. The Morgan fingerprint density at radius 1 is 1.59 bits per heavy atom. The van der Waals surface area contributed by atoms with Crippen LogP contribution < -0.4 is 10.9 Å². The molecule has 0 unspecified atom stereocenters. The highest BCUT2D eigenvalue weighted by atomic mass is 79.9. The van der Waals surface area contributed by atoms with Crippen molar-refractivity contribution in [1.82, 2.24) is 19.9 Å². The maximum atomic E-state index is 11.6. The lowest BCUT2D eigenvalue weighted by molar-refractivity contribution is 0.410. The van der Waals surface area contributed by atoms with Crippen molar-refractivity contribution in [3.8, 4) is 0 Å². The van der Waals surface area contributed by atoms with E-state index in [1.165, 1.54) is 11.1 Å². The molecule has 0 radical (unpaired) electrons. The Balaban J connectivity index is 2.00. The van der Waals surface area contributed by atoms with Gasteiger partial charge in [-0.2, -0.15) is 10.1 Å². The van der Waals surface area contributed by atoms with Gasteiger partial charge in [-0.05, 0) is 15.9 Å². The van der Waals surface area contributed by atoms with Crippen LogP contribution in [0.1, 0.15) is 5.82 Å². The Kier molecular flexibility index (Phi) is 3.52. The highest BCUT2D eigenvalue weighted by molar-refractivity contribution is 9.10. The van der Waals surface area contributed by atoms with Gasteiger partial charge in [0.25, 0.3) is 5.56 Å². The number of rotatable bonds is 4. The van der Waals surface area contributed by atoms with Crippen molar-refractivity contribution in [2.45, 2.75) is 6.42 Å². The Morgan fingerprint density at radius 2 is 2.41 bits per heavy atom. The number of halogens is 1. The smallest absolute Gasteiger partial charge is 0.282 e. The van der Waals surface area contributed by atoms with Crippen molar-refractivity contribution in [2.24, 2.45) is 7.05 Å². The summed E-state index contributed by atoms with van der Waals surface area (Å²) >= 11 is 3.22. The van der Waals surface area contributed by atoms with Gasteiger partial charge in [0.15, 0.2) is 5.82 Å². The van der Waals surface area contributed by atoms with E-state index in [9.17, 15) is 4.79 Å². The summed E-state index contributed by atoms with van der Waals surface area (Å²) in [6, 6.07) is 0. The van der Waals surface area contributed by atoms with Crippen LogP contribution in [0, 0.1) is 0 Å². The molecular weight excluding hydrogens is 290 g/mol. The van der Waals surface area contributed by atoms with E-state index in [1.54, 1.807) is 13.2 Å². The van der Waals surface area contributed by atoms with Crippen LogP contribution in [-0.2, 0) is 13.5 Å².